The largest absolute Gasteiger partial charge is 0.375 e. The van der Waals surface area contributed by atoms with Crippen LogP contribution in [0, 0.1) is 5.92 Å². The Hall–Kier alpha value is -1.31. The van der Waals surface area contributed by atoms with E-state index < -0.39 is 0 Å². The van der Waals surface area contributed by atoms with Crippen molar-refractivity contribution in [1.29, 1.82) is 0 Å². The van der Waals surface area contributed by atoms with E-state index in [4.69, 9.17) is 4.74 Å². The average Bonchev–Trinajstić information content (AvgIpc) is 2.74. The zero-order valence-electron chi connectivity index (χ0n) is 17.2. The van der Waals surface area contributed by atoms with E-state index in [9.17, 15) is 9.59 Å². The van der Waals surface area contributed by atoms with Crippen LogP contribution in [0.5, 0.6) is 0 Å². The van der Waals surface area contributed by atoms with Crippen molar-refractivity contribution in [2.24, 2.45) is 5.92 Å². The lowest BCUT2D eigenvalue weighted by atomic mass is 9.82. The van der Waals surface area contributed by atoms with Gasteiger partial charge in [0.15, 0.2) is 0 Å². The van der Waals surface area contributed by atoms with E-state index >= 15 is 0 Å². The SMILES string of the molecule is C[C@H]1CN(C(=O)c2ccc3n(c2=O)C[C@H]2C[C@@H]3CN(C3CCSCC3)C2)CCO1. The molecule has 0 N–H and O–H groups in total. The summed E-state index contributed by atoms with van der Waals surface area (Å²) in [5, 5.41) is 0. The van der Waals surface area contributed by atoms with Crippen molar-refractivity contribution in [2.45, 2.75) is 50.8 Å². The molecule has 0 radical (unpaired) electrons. The fraction of sp³-hybridized carbons (Fsp3) is 0.727. The molecule has 1 aromatic heterocycles. The Balaban J connectivity index is 1.38. The second kappa shape index (κ2) is 8.08. The smallest absolute Gasteiger partial charge is 0.263 e. The van der Waals surface area contributed by atoms with Crippen LogP contribution in [0.25, 0.3) is 0 Å². The third kappa shape index (κ3) is 3.77. The summed E-state index contributed by atoms with van der Waals surface area (Å²) in [6.45, 7) is 6.53. The molecule has 5 heterocycles. The molecule has 4 aliphatic rings. The number of piperidine rings is 1. The maximum Gasteiger partial charge on any atom is 0.263 e. The van der Waals surface area contributed by atoms with Gasteiger partial charge in [0, 0.05) is 50.4 Å². The van der Waals surface area contributed by atoms with Gasteiger partial charge in [0.25, 0.3) is 11.5 Å². The minimum Gasteiger partial charge on any atom is -0.375 e. The second-order valence-corrected chi connectivity index (χ2v) is 10.3. The molecule has 29 heavy (non-hydrogen) atoms. The minimum atomic E-state index is -0.141. The minimum absolute atomic E-state index is 0.0246. The summed E-state index contributed by atoms with van der Waals surface area (Å²) >= 11 is 2.07. The first-order valence-electron chi connectivity index (χ1n) is 11.1. The number of carbonyl (C=O) groups is 1. The molecule has 5 rings (SSSR count). The number of hydrogen-bond donors (Lipinski definition) is 0. The number of fused-ring (bicyclic) bond motifs is 4. The van der Waals surface area contributed by atoms with E-state index in [0.29, 0.717) is 43.1 Å². The van der Waals surface area contributed by atoms with Gasteiger partial charge in [-0.2, -0.15) is 11.8 Å². The van der Waals surface area contributed by atoms with E-state index in [0.717, 1.165) is 25.3 Å². The molecule has 3 atom stereocenters. The van der Waals surface area contributed by atoms with Gasteiger partial charge in [-0.25, -0.2) is 0 Å². The molecular weight excluding hydrogens is 386 g/mol. The van der Waals surface area contributed by atoms with Gasteiger partial charge in [0.05, 0.1) is 12.7 Å². The van der Waals surface area contributed by atoms with E-state index in [1.54, 1.807) is 11.0 Å². The number of thioether (sulfide) groups is 1. The molecule has 6 nitrogen and oxygen atoms in total. The molecule has 158 valence electrons. The van der Waals surface area contributed by atoms with Crippen molar-refractivity contribution in [3.63, 3.8) is 0 Å². The number of aromatic nitrogens is 1. The summed E-state index contributed by atoms with van der Waals surface area (Å²) in [6, 6.07) is 4.55. The standard InChI is InChI=1S/C22H31N3O3S/c1-15-11-23(6-7-28-15)21(26)19-2-3-20-17-10-16(13-25(20)22(19)27)12-24(14-17)18-4-8-29-9-5-18/h2-3,15-18H,4-14H2,1H3/t15-,16-,17+/m0/s1. The molecular formula is C22H31N3O3S. The molecule has 2 bridgehead atoms. The van der Waals surface area contributed by atoms with Gasteiger partial charge < -0.3 is 14.2 Å². The van der Waals surface area contributed by atoms with Crippen molar-refractivity contribution in [3.8, 4) is 0 Å². The summed E-state index contributed by atoms with van der Waals surface area (Å²) in [6.07, 6.45) is 3.78. The summed E-state index contributed by atoms with van der Waals surface area (Å²) in [4.78, 5) is 30.7. The van der Waals surface area contributed by atoms with Gasteiger partial charge in [-0.3, -0.25) is 14.5 Å². The molecule has 1 aromatic rings. The molecule has 0 unspecified atom stereocenters. The molecule has 7 heteroatoms. The topological polar surface area (TPSA) is 54.8 Å². The highest BCUT2D eigenvalue weighted by molar-refractivity contribution is 7.99. The Kier molecular flexibility index (Phi) is 5.47. The van der Waals surface area contributed by atoms with Crippen LogP contribution in [0.4, 0.5) is 0 Å². The summed E-state index contributed by atoms with van der Waals surface area (Å²) in [5.74, 6) is 3.34. The van der Waals surface area contributed by atoms with Crippen molar-refractivity contribution >= 4 is 17.7 Å². The lowest BCUT2D eigenvalue weighted by molar-refractivity contribution is -0.0125. The summed E-state index contributed by atoms with van der Waals surface area (Å²) in [5.41, 5.74) is 1.36. The molecule has 0 saturated carbocycles. The number of likely N-dealkylation sites (tertiary alicyclic amines) is 1. The molecule has 0 aliphatic carbocycles. The van der Waals surface area contributed by atoms with Crippen LogP contribution < -0.4 is 5.56 Å². The summed E-state index contributed by atoms with van der Waals surface area (Å²) < 4.78 is 7.46. The van der Waals surface area contributed by atoms with Gasteiger partial charge in [-0.1, -0.05) is 0 Å². The fourth-order valence-corrected chi connectivity index (χ4v) is 6.75. The predicted molar refractivity (Wildman–Crippen MR) is 115 cm³/mol. The molecule has 3 saturated heterocycles. The van der Waals surface area contributed by atoms with Crippen molar-refractivity contribution in [1.82, 2.24) is 14.4 Å². The van der Waals surface area contributed by atoms with Crippen LogP contribution >= 0.6 is 11.8 Å². The molecule has 0 aromatic carbocycles. The van der Waals surface area contributed by atoms with E-state index in [1.165, 1.54) is 30.8 Å². The first kappa shape index (κ1) is 19.6. The normalized spacial score (nSPS) is 30.8. The number of rotatable bonds is 2. The highest BCUT2D eigenvalue weighted by Gasteiger charge is 2.38. The number of hydrogen-bond acceptors (Lipinski definition) is 5. The maximum atomic E-state index is 13.3. The van der Waals surface area contributed by atoms with Gasteiger partial charge >= 0.3 is 0 Å². The second-order valence-electron chi connectivity index (χ2n) is 9.12. The monoisotopic (exact) mass is 417 g/mol. The fourth-order valence-electron chi connectivity index (χ4n) is 5.67. The predicted octanol–water partition coefficient (Wildman–Crippen LogP) is 2.02. The lowest BCUT2D eigenvalue weighted by Crippen LogP contribution is -2.52. The lowest BCUT2D eigenvalue weighted by Gasteiger charge is -2.46. The van der Waals surface area contributed by atoms with Crippen molar-refractivity contribution < 1.29 is 9.53 Å². The van der Waals surface area contributed by atoms with E-state index in [2.05, 4.69) is 22.7 Å². The number of ether oxygens (including phenoxy) is 1. The zero-order valence-corrected chi connectivity index (χ0v) is 18.0. The Morgan fingerprint density at radius 1 is 1.14 bits per heavy atom. The van der Waals surface area contributed by atoms with Gasteiger partial charge in [0.2, 0.25) is 0 Å². The van der Waals surface area contributed by atoms with Crippen LogP contribution in [-0.2, 0) is 11.3 Å². The number of morpholine rings is 1. The Morgan fingerprint density at radius 2 is 1.97 bits per heavy atom. The zero-order chi connectivity index (χ0) is 20.0. The van der Waals surface area contributed by atoms with Crippen LogP contribution in [0.2, 0.25) is 0 Å². The van der Waals surface area contributed by atoms with Crippen LogP contribution in [0.1, 0.15) is 48.2 Å². The van der Waals surface area contributed by atoms with E-state index in [-0.39, 0.29) is 17.6 Å². The van der Waals surface area contributed by atoms with Gasteiger partial charge in [-0.15, -0.1) is 0 Å². The molecule has 4 aliphatic heterocycles. The third-order valence-electron chi connectivity index (χ3n) is 7.10. The van der Waals surface area contributed by atoms with Gasteiger partial charge in [0.1, 0.15) is 5.56 Å². The highest BCUT2D eigenvalue weighted by Crippen LogP contribution is 2.37. The maximum absolute atomic E-state index is 13.3. The third-order valence-corrected chi connectivity index (χ3v) is 8.15. The number of nitrogens with zero attached hydrogens (tertiary/aromatic N) is 3. The molecule has 3 fully saturated rings. The Bertz CT molecular complexity index is 835. The van der Waals surface area contributed by atoms with Crippen LogP contribution in [-0.4, -0.2) is 76.7 Å². The first-order valence-corrected chi connectivity index (χ1v) is 12.2. The quantitative estimate of drug-likeness (QED) is 0.737. The number of pyridine rings is 1. The first-order chi connectivity index (χ1) is 14.1. The van der Waals surface area contributed by atoms with Crippen LogP contribution in [0.15, 0.2) is 16.9 Å². The number of amides is 1. The number of carbonyl (C=O) groups excluding carboxylic acids is 1. The molecule has 0 spiro atoms. The highest BCUT2D eigenvalue weighted by atomic mass is 32.2. The van der Waals surface area contributed by atoms with Crippen molar-refractivity contribution in [3.05, 3.63) is 33.7 Å². The Morgan fingerprint density at radius 3 is 2.76 bits per heavy atom. The molecule has 1 amide bonds. The summed E-state index contributed by atoms with van der Waals surface area (Å²) in [7, 11) is 0. The Labute approximate surface area is 176 Å². The van der Waals surface area contributed by atoms with E-state index in [1.807, 2.05) is 11.5 Å². The van der Waals surface area contributed by atoms with Crippen molar-refractivity contribution in [2.75, 3.05) is 44.3 Å². The van der Waals surface area contributed by atoms with Gasteiger partial charge in [-0.05, 0) is 55.7 Å². The average molecular weight is 418 g/mol. The van der Waals surface area contributed by atoms with Crippen LogP contribution in [0.3, 0.4) is 0 Å².